The summed E-state index contributed by atoms with van der Waals surface area (Å²) in [4.78, 5) is 21.3. The first-order valence-corrected chi connectivity index (χ1v) is 8.10. The van der Waals surface area contributed by atoms with Crippen molar-refractivity contribution in [2.24, 2.45) is 7.05 Å². The van der Waals surface area contributed by atoms with E-state index in [0.29, 0.717) is 5.92 Å². The van der Waals surface area contributed by atoms with Crippen molar-refractivity contribution in [3.8, 4) is 0 Å². The molecule has 5 heteroatoms. The number of anilines is 1. The van der Waals surface area contributed by atoms with Crippen molar-refractivity contribution in [2.45, 2.75) is 18.8 Å². The Hall–Kier alpha value is -2.30. The van der Waals surface area contributed by atoms with Crippen molar-refractivity contribution in [3.05, 3.63) is 48.0 Å². The van der Waals surface area contributed by atoms with Crippen molar-refractivity contribution >= 4 is 11.6 Å². The number of amides is 1. The van der Waals surface area contributed by atoms with Gasteiger partial charge in [0, 0.05) is 63.8 Å². The van der Waals surface area contributed by atoms with Crippen LogP contribution in [-0.2, 0) is 7.05 Å². The monoisotopic (exact) mass is 312 g/mol. The van der Waals surface area contributed by atoms with E-state index in [1.165, 1.54) is 0 Å². The smallest absolute Gasteiger partial charge is 0.253 e. The molecule has 122 valence electrons. The van der Waals surface area contributed by atoms with Gasteiger partial charge in [-0.2, -0.15) is 0 Å². The summed E-state index contributed by atoms with van der Waals surface area (Å²) < 4.78 is 2.06. The number of aryl methyl sites for hydroxylation is 1. The van der Waals surface area contributed by atoms with Gasteiger partial charge in [0.2, 0.25) is 0 Å². The van der Waals surface area contributed by atoms with Crippen molar-refractivity contribution in [3.63, 3.8) is 0 Å². The van der Waals surface area contributed by atoms with Crippen LogP contribution >= 0.6 is 0 Å². The molecule has 1 aromatic heterocycles. The second kappa shape index (κ2) is 6.44. The quantitative estimate of drug-likeness (QED) is 0.874. The molecule has 0 bridgehead atoms. The summed E-state index contributed by atoms with van der Waals surface area (Å²) in [5.41, 5.74) is 1.81. The van der Waals surface area contributed by atoms with Gasteiger partial charge in [0.15, 0.2) is 0 Å². The molecule has 1 unspecified atom stereocenters. The summed E-state index contributed by atoms with van der Waals surface area (Å²) in [6.07, 6.45) is 5.91. The number of aromatic nitrogens is 2. The maximum Gasteiger partial charge on any atom is 0.253 e. The molecule has 0 radical (unpaired) electrons. The van der Waals surface area contributed by atoms with Gasteiger partial charge in [0.25, 0.3) is 5.91 Å². The second-order valence-electron chi connectivity index (χ2n) is 6.43. The molecule has 1 aromatic carbocycles. The molecule has 1 atom stereocenters. The van der Waals surface area contributed by atoms with Crippen LogP contribution in [0.25, 0.3) is 0 Å². The lowest BCUT2D eigenvalue weighted by Gasteiger charge is -2.32. The Morgan fingerprint density at radius 1 is 1.35 bits per heavy atom. The highest BCUT2D eigenvalue weighted by Gasteiger charge is 2.27. The van der Waals surface area contributed by atoms with Gasteiger partial charge in [-0.3, -0.25) is 4.79 Å². The molecule has 23 heavy (non-hydrogen) atoms. The molecular weight excluding hydrogens is 288 g/mol. The summed E-state index contributed by atoms with van der Waals surface area (Å²) >= 11 is 0. The number of likely N-dealkylation sites (tertiary alicyclic amines) is 1. The third-order valence-corrected chi connectivity index (χ3v) is 4.54. The zero-order valence-corrected chi connectivity index (χ0v) is 14.1. The lowest BCUT2D eigenvalue weighted by atomic mass is 9.96. The fraction of sp³-hybridized carbons (Fsp3) is 0.444. The zero-order valence-electron chi connectivity index (χ0n) is 14.1. The number of rotatable bonds is 3. The summed E-state index contributed by atoms with van der Waals surface area (Å²) in [6, 6.07) is 7.83. The Morgan fingerprint density at radius 3 is 2.87 bits per heavy atom. The highest BCUT2D eigenvalue weighted by molar-refractivity contribution is 5.95. The zero-order chi connectivity index (χ0) is 16.4. The molecule has 0 spiro atoms. The molecule has 3 rings (SSSR count). The third-order valence-electron chi connectivity index (χ3n) is 4.54. The van der Waals surface area contributed by atoms with Crippen LogP contribution in [0.4, 0.5) is 5.69 Å². The average molecular weight is 312 g/mol. The average Bonchev–Trinajstić information content (AvgIpc) is 3.00. The van der Waals surface area contributed by atoms with Gasteiger partial charge in [-0.1, -0.05) is 6.07 Å². The molecular formula is C18H24N4O. The van der Waals surface area contributed by atoms with E-state index >= 15 is 0 Å². The van der Waals surface area contributed by atoms with Gasteiger partial charge in [0.05, 0.1) is 0 Å². The van der Waals surface area contributed by atoms with E-state index in [1.807, 2.05) is 67.6 Å². The molecule has 0 N–H and O–H groups in total. The molecule has 1 fully saturated rings. The fourth-order valence-corrected chi connectivity index (χ4v) is 3.24. The van der Waals surface area contributed by atoms with Gasteiger partial charge in [-0.05, 0) is 31.0 Å². The Bertz CT molecular complexity index is 692. The van der Waals surface area contributed by atoms with E-state index in [2.05, 4.69) is 9.55 Å². The minimum Gasteiger partial charge on any atom is -0.378 e. The van der Waals surface area contributed by atoms with Gasteiger partial charge >= 0.3 is 0 Å². The van der Waals surface area contributed by atoms with Crippen LogP contribution in [-0.4, -0.2) is 47.5 Å². The fourth-order valence-electron chi connectivity index (χ4n) is 3.24. The summed E-state index contributed by atoms with van der Waals surface area (Å²) in [5, 5.41) is 0. The van der Waals surface area contributed by atoms with Crippen molar-refractivity contribution in [1.29, 1.82) is 0 Å². The number of hydrogen-bond donors (Lipinski definition) is 0. The second-order valence-corrected chi connectivity index (χ2v) is 6.43. The van der Waals surface area contributed by atoms with E-state index in [9.17, 15) is 4.79 Å². The van der Waals surface area contributed by atoms with E-state index in [-0.39, 0.29) is 5.91 Å². The highest BCUT2D eigenvalue weighted by Crippen LogP contribution is 2.27. The molecule has 0 aliphatic carbocycles. The number of carbonyl (C=O) groups excluding carboxylic acids is 1. The van der Waals surface area contributed by atoms with E-state index < -0.39 is 0 Å². The van der Waals surface area contributed by atoms with Gasteiger partial charge < -0.3 is 14.4 Å². The first kappa shape index (κ1) is 15.6. The normalized spacial score (nSPS) is 18.0. The SMILES string of the molecule is CN(C)c1cccc(C(=O)N2CCCC(c3nccn3C)C2)c1. The van der Waals surface area contributed by atoms with Crippen LogP contribution in [0.1, 0.15) is 34.9 Å². The summed E-state index contributed by atoms with van der Waals surface area (Å²) in [5.74, 6) is 1.52. The Morgan fingerprint density at radius 2 is 2.17 bits per heavy atom. The first-order valence-electron chi connectivity index (χ1n) is 8.10. The Balaban J connectivity index is 1.77. The molecule has 1 aliphatic rings. The van der Waals surface area contributed by atoms with Crippen molar-refractivity contribution in [2.75, 3.05) is 32.1 Å². The van der Waals surface area contributed by atoms with Crippen molar-refractivity contribution in [1.82, 2.24) is 14.5 Å². The molecule has 1 aliphatic heterocycles. The molecule has 2 aromatic rings. The van der Waals surface area contributed by atoms with E-state index in [1.54, 1.807) is 0 Å². The number of nitrogens with zero attached hydrogens (tertiary/aromatic N) is 4. The Labute approximate surface area is 137 Å². The summed E-state index contributed by atoms with van der Waals surface area (Å²) in [6.45, 7) is 1.57. The van der Waals surface area contributed by atoms with Crippen LogP contribution in [0.3, 0.4) is 0 Å². The molecule has 0 saturated carbocycles. The number of benzene rings is 1. The lowest BCUT2D eigenvalue weighted by Crippen LogP contribution is -2.39. The van der Waals surface area contributed by atoms with Crippen molar-refractivity contribution < 1.29 is 4.79 Å². The van der Waals surface area contributed by atoms with Gasteiger partial charge in [0.1, 0.15) is 5.82 Å². The molecule has 2 heterocycles. The highest BCUT2D eigenvalue weighted by atomic mass is 16.2. The van der Waals surface area contributed by atoms with E-state index in [0.717, 1.165) is 43.0 Å². The van der Waals surface area contributed by atoms with Crippen LogP contribution in [0.5, 0.6) is 0 Å². The van der Waals surface area contributed by atoms with Crippen LogP contribution < -0.4 is 4.90 Å². The number of imidazole rings is 1. The molecule has 1 amide bonds. The maximum absolute atomic E-state index is 12.9. The minimum absolute atomic E-state index is 0.118. The standard InChI is InChI=1S/C18H24N4O/c1-20(2)16-8-4-6-14(12-16)18(23)22-10-5-7-15(13-22)17-19-9-11-21(17)3/h4,6,8-9,11-12,15H,5,7,10,13H2,1-3H3. The largest absolute Gasteiger partial charge is 0.378 e. The molecule has 1 saturated heterocycles. The first-order chi connectivity index (χ1) is 11.1. The summed E-state index contributed by atoms with van der Waals surface area (Å²) in [7, 11) is 5.99. The maximum atomic E-state index is 12.9. The van der Waals surface area contributed by atoms with Gasteiger partial charge in [-0.25, -0.2) is 4.98 Å². The lowest BCUT2D eigenvalue weighted by molar-refractivity contribution is 0.0703. The Kier molecular flexibility index (Phi) is 4.37. The predicted molar refractivity (Wildman–Crippen MR) is 91.9 cm³/mol. The number of hydrogen-bond acceptors (Lipinski definition) is 3. The number of carbonyl (C=O) groups is 1. The van der Waals surface area contributed by atoms with Crippen LogP contribution in [0.2, 0.25) is 0 Å². The third kappa shape index (κ3) is 3.23. The topological polar surface area (TPSA) is 41.4 Å². The molecule has 5 nitrogen and oxygen atoms in total. The number of piperidine rings is 1. The van der Waals surface area contributed by atoms with Crippen LogP contribution in [0, 0.1) is 0 Å². The van der Waals surface area contributed by atoms with Gasteiger partial charge in [-0.15, -0.1) is 0 Å². The van der Waals surface area contributed by atoms with Crippen LogP contribution in [0.15, 0.2) is 36.7 Å². The van der Waals surface area contributed by atoms with E-state index in [4.69, 9.17) is 0 Å². The minimum atomic E-state index is 0.118. The predicted octanol–water partition coefficient (Wildman–Crippen LogP) is 2.51.